The maximum absolute atomic E-state index is 12.4. The van der Waals surface area contributed by atoms with E-state index in [9.17, 15) is 4.79 Å². The van der Waals surface area contributed by atoms with Gasteiger partial charge < -0.3 is 15.5 Å². The van der Waals surface area contributed by atoms with Crippen molar-refractivity contribution in [2.24, 2.45) is 4.99 Å². The number of nitrogens with zero attached hydrogens (tertiary/aromatic N) is 2. The second-order valence-electron chi connectivity index (χ2n) is 6.87. The first-order valence-corrected chi connectivity index (χ1v) is 9.40. The lowest BCUT2D eigenvalue weighted by Crippen LogP contribution is -2.44. The highest BCUT2D eigenvalue weighted by Crippen LogP contribution is 2.17. The fourth-order valence-electron chi connectivity index (χ4n) is 3.27. The van der Waals surface area contributed by atoms with Crippen molar-refractivity contribution in [3.8, 4) is 0 Å². The molecule has 0 spiro atoms. The molecule has 0 radical (unpaired) electrons. The van der Waals surface area contributed by atoms with Crippen LogP contribution in [0.15, 0.2) is 35.3 Å². The van der Waals surface area contributed by atoms with Gasteiger partial charge in [-0.15, -0.1) is 24.0 Å². The van der Waals surface area contributed by atoms with Gasteiger partial charge in [0.1, 0.15) is 0 Å². The molecule has 1 amide bonds. The van der Waals surface area contributed by atoms with Crippen LogP contribution in [0.25, 0.3) is 0 Å². The second kappa shape index (κ2) is 12.1. The molecule has 1 fully saturated rings. The molecule has 2 unspecified atom stereocenters. The number of piperidine rings is 1. The number of guanidine groups is 1. The molecule has 0 saturated carbocycles. The van der Waals surface area contributed by atoms with Crippen molar-refractivity contribution < 1.29 is 4.79 Å². The monoisotopic (exact) mass is 472 g/mol. The Hall–Kier alpha value is -1.31. The van der Waals surface area contributed by atoms with Crippen molar-refractivity contribution in [2.45, 2.75) is 51.5 Å². The first kappa shape index (κ1) is 22.7. The zero-order valence-corrected chi connectivity index (χ0v) is 18.5. The van der Waals surface area contributed by atoms with Crippen LogP contribution in [0.1, 0.15) is 51.0 Å². The second-order valence-corrected chi connectivity index (χ2v) is 6.87. The van der Waals surface area contributed by atoms with Crippen LogP contribution in [-0.4, -0.2) is 49.5 Å². The van der Waals surface area contributed by atoms with E-state index in [4.69, 9.17) is 0 Å². The van der Waals surface area contributed by atoms with Crippen molar-refractivity contribution in [3.63, 3.8) is 0 Å². The number of nitrogens with one attached hydrogen (secondary N) is 2. The number of carbonyl (C=O) groups excluding carboxylic acids is 1. The molecule has 26 heavy (non-hydrogen) atoms. The molecule has 2 atom stereocenters. The summed E-state index contributed by atoms with van der Waals surface area (Å²) in [4.78, 5) is 18.6. The first-order chi connectivity index (χ1) is 12.1. The first-order valence-electron chi connectivity index (χ1n) is 9.40. The summed E-state index contributed by atoms with van der Waals surface area (Å²) in [5.41, 5.74) is 1.31. The smallest absolute Gasteiger partial charge is 0.224 e. The Morgan fingerprint density at radius 1 is 1.27 bits per heavy atom. The molecule has 1 aliphatic rings. The van der Waals surface area contributed by atoms with Gasteiger partial charge in [0.2, 0.25) is 5.91 Å². The highest BCUT2D eigenvalue weighted by Gasteiger charge is 2.22. The lowest BCUT2D eigenvalue weighted by molar-refractivity contribution is -0.134. The summed E-state index contributed by atoms with van der Waals surface area (Å²) in [7, 11) is 1.76. The Kier molecular flexibility index (Phi) is 10.6. The summed E-state index contributed by atoms with van der Waals surface area (Å²) in [5.74, 6) is 1.39. The summed E-state index contributed by atoms with van der Waals surface area (Å²) < 4.78 is 0. The van der Waals surface area contributed by atoms with Gasteiger partial charge in [-0.2, -0.15) is 0 Å². The highest BCUT2D eigenvalue weighted by molar-refractivity contribution is 14.0. The van der Waals surface area contributed by atoms with E-state index in [1.54, 1.807) is 7.05 Å². The number of benzene rings is 1. The Morgan fingerprint density at radius 2 is 2.00 bits per heavy atom. The zero-order valence-electron chi connectivity index (χ0n) is 16.2. The van der Waals surface area contributed by atoms with Crippen LogP contribution in [0, 0.1) is 0 Å². The number of likely N-dealkylation sites (tertiary alicyclic amines) is 1. The molecule has 1 aliphatic heterocycles. The maximum Gasteiger partial charge on any atom is 0.224 e. The number of hydrogen-bond acceptors (Lipinski definition) is 2. The van der Waals surface area contributed by atoms with Crippen molar-refractivity contribution in [2.75, 3.05) is 26.7 Å². The van der Waals surface area contributed by atoms with E-state index in [2.05, 4.69) is 53.7 Å². The number of amides is 1. The van der Waals surface area contributed by atoms with E-state index in [-0.39, 0.29) is 29.9 Å². The van der Waals surface area contributed by atoms with Gasteiger partial charge in [-0.25, -0.2) is 0 Å². The fourth-order valence-corrected chi connectivity index (χ4v) is 3.27. The van der Waals surface area contributed by atoms with Crippen molar-refractivity contribution in [1.29, 1.82) is 0 Å². The normalized spacial score (nSPS) is 18.7. The number of halogens is 1. The minimum atomic E-state index is 0. The molecule has 0 aliphatic carbocycles. The van der Waals surface area contributed by atoms with E-state index in [0.29, 0.717) is 24.9 Å². The van der Waals surface area contributed by atoms with E-state index < -0.39 is 0 Å². The molecular weight excluding hydrogens is 439 g/mol. The molecule has 1 saturated heterocycles. The van der Waals surface area contributed by atoms with Crippen molar-refractivity contribution >= 4 is 35.8 Å². The Morgan fingerprint density at radius 3 is 2.65 bits per heavy atom. The van der Waals surface area contributed by atoms with E-state index >= 15 is 0 Å². The van der Waals surface area contributed by atoms with Gasteiger partial charge in [0.25, 0.3) is 0 Å². The Bertz CT molecular complexity index is 564. The minimum absolute atomic E-state index is 0. The third kappa shape index (κ3) is 7.13. The molecule has 146 valence electrons. The van der Waals surface area contributed by atoms with Crippen LogP contribution < -0.4 is 10.6 Å². The van der Waals surface area contributed by atoms with Crippen molar-refractivity contribution in [3.05, 3.63) is 35.9 Å². The van der Waals surface area contributed by atoms with Gasteiger partial charge in [0.05, 0.1) is 0 Å². The van der Waals surface area contributed by atoms with Crippen molar-refractivity contribution in [1.82, 2.24) is 15.5 Å². The molecule has 2 N–H and O–H groups in total. The zero-order chi connectivity index (χ0) is 18.1. The lowest BCUT2D eigenvalue weighted by Gasteiger charge is -2.33. The summed E-state index contributed by atoms with van der Waals surface area (Å²) in [6.45, 7) is 6.66. The quantitative estimate of drug-likeness (QED) is 0.379. The molecule has 1 heterocycles. The van der Waals surface area contributed by atoms with Crippen LogP contribution in [0.2, 0.25) is 0 Å². The van der Waals surface area contributed by atoms with Gasteiger partial charge in [-0.05, 0) is 37.7 Å². The standard InChI is InChI=1S/C20H32N4O.HI/c1-16(18-10-5-4-6-11-18)15-23-20(21-3)22-13-12-19(25)24-14-8-7-9-17(24)2;/h4-6,10-11,16-17H,7-9,12-15H2,1-3H3,(H2,21,22,23);1H. The molecule has 2 rings (SSSR count). The van der Waals surface area contributed by atoms with E-state index in [1.165, 1.54) is 12.0 Å². The average Bonchev–Trinajstić information content (AvgIpc) is 2.65. The summed E-state index contributed by atoms with van der Waals surface area (Å²) >= 11 is 0. The molecule has 0 bridgehead atoms. The fraction of sp³-hybridized carbons (Fsp3) is 0.600. The van der Waals surface area contributed by atoms with Crippen LogP contribution in [0.4, 0.5) is 0 Å². The average molecular weight is 472 g/mol. The number of carbonyl (C=O) groups is 1. The van der Waals surface area contributed by atoms with Gasteiger partial charge in [-0.1, -0.05) is 37.3 Å². The van der Waals surface area contributed by atoms with E-state index in [1.807, 2.05) is 11.0 Å². The largest absolute Gasteiger partial charge is 0.356 e. The predicted octanol–water partition coefficient (Wildman–Crippen LogP) is 3.36. The maximum atomic E-state index is 12.4. The molecule has 1 aromatic rings. The third-order valence-corrected chi connectivity index (χ3v) is 4.92. The van der Waals surface area contributed by atoms with Crippen LogP contribution in [-0.2, 0) is 4.79 Å². The SMILES string of the molecule is CN=C(NCCC(=O)N1CCCCC1C)NCC(C)c1ccccc1.I. The van der Waals surface area contributed by atoms with Gasteiger partial charge >= 0.3 is 0 Å². The Labute approximate surface area is 175 Å². The summed E-state index contributed by atoms with van der Waals surface area (Å²) in [6.07, 6.45) is 4.00. The molecular formula is C20H33IN4O. The topological polar surface area (TPSA) is 56.7 Å². The molecule has 0 aromatic heterocycles. The minimum Gasteiger partial charge on any atom is -0.356 e. The number of aliphatic imine (C=N–C) groups is 1. The van der Waals surface area contributed by atoms with Crippen LogP contribution in [0.3, 0.4) is 0 Å². The lowest BCUT2D eigenvalue weighted by atomic mass is 10.0. The predicted molar refractivity (Wildman–Crippen MR) is 119 cm³/mol. The number of rotatable bonds is 6. The van der Waals surface area contributed by atoms with Crippen LogP contribution in [0.5, 0.6) is 0 Å². The third-order valence-electron chi connectivity index (χ3n) is 4.92. The molecule has 1 aromatic carbocycles. The van der Waals surface area contributed by atoms with Crippen LogP contribution >= 0.6 is 24.0 Å². The van der Waals surface area contributed by atoms with E-state index in [0.717, 1.165) is 31.9 Å². The van der Waals surface area contributed by atoms with Gasteiger partial charge in [0.15, 0.2) is 5.96 Å². The number of hydrogen-bond donors (Lipinski definition) is 2. The highest BCUT2D eigenvalue weighted by atomic mass is 127. The van der Waals surface area contributed by atoms with Gasteiger partial charge in [-0.3, -0.25) is 9.79 Å². The Balaban J connectivity index is 0.00000338. The molecule has 6 heteroatoms. The van der Waals surface area contributed by atoms with Gasteiger partial charge in [0, 0.05) is 39.1 Å². The summed E-state index contributed by atoms with van der Waals surface area (Å²) in [5, 5.41) is 6.60. The molecule has 5 nitrogen and oxygen atoms in total. The summed E-state index contributed by atoms with van der Waals surface area (Å²) in [6, 6.07) is 10.8.